The van der Waals surface area contributed by atoms with Crippen LogP contribution in [0.15, 0.2) is 29.4 Å². The number of oxime groups is 1. The molecule has 0 aliphatic heterocycles. The fourth-order valence-electron chi connectivity index (χ4n) is 1.06. The third-order valence-electron chi connectivity index (χ3n) is 1.73. The summed E-state index contributed by atoms with van der Waals surface area (Å²) in [5, 5.41) is 11.8. The molecule has 78 valence electrons. The number of halogens is 2. The van der Waals surface area contributed by atoms with Gasteiger partial charge in [-0.15, -0.1) is 0 Å². The Balaban J connectivity index is 2.99. The fourth-order valence-corrected chi connectivity index (χ4v) is 1.06. The zero-order valence-corrected chi connectivity index (χ0v) is 7.95. The van der Waals surface area contributed by atoms with Gasteiger partial charge in [-0.3, -0.25) is 0 Å². The van der Waals surface area contributed by atoms with Crippen molar-refractivity contribution in [3.05, 3.63) is 35.4 Å². The molecule has 1 rings (SSSR count). The first-order valence-corrected chi connectivity index (χ1v) is 4.13. The van der Waals surface area contributed by atoms with Crippen LogP contribution in [-0.2, 0) is 4.84 Å². The van der Waals surface area contributed by atoms with Crippen molar-refractivity contribution >= 4 is 5.71 Å². The zero-order chi connectivity index (χ0) is 11.3. The van der Waals surface area contributed by atoms with Crippen molar-refractivity contribution in [1.29, 1.82) is 5.26 Å². The number of alkyl halides is 2. The molecule has 0 aliphatic carbocycles. The quantitative estimate of drug-likeness (QED) is 0.568. The minimum absolute atomic E-state index is 0.159. The van der Waals surface area contributed by atoms with Crippen molar-refractivity contribution in [1.82, 2.24) is 0 Å². The van der Waals surface area contributed by atoms with E-state index in [0.29, 0.717) is 5.56 Å². The highest BCUT2D eigenvalue weighted by atomic mass is 19.3. The highest BCUT2D eigenvalue weighted by Crippen LogP contribution is 2.09. The average Bonchev–Trinajstić information content (AvgIpc) is 2.21. The number of aryl methyl sites for hydroxylation is 1. The van der Waals surface area contributed by atoms with E-state index < -0.39 is 6.61 Å². The number of benzene rings is 1. The van der Waals surface area contributed by atoms with E-state index in [1.165, 1.54) is 0 Å². The lowest BCUT2D eigenvalue weighted by molar-refractivity contribution is -0.127. The van der Waals surface area contributed by atoms with Crippen molar-refractivity contribution in [2.24, 2.45) is 5.16 Å². The summed E-state index contributed by atoms with van der Waals surface area (Å²) >= 11 is 0. The third kappa shape index (κ3) is 3.02. The summed E-state index contributed by atoms with van der Waals surface area (Å²) in [6, 6.07) is 8.55. The van der Waals surface area contributed by atoms with E-state index in [-0.39, 0.29) is 5.71 Å². The van der Waals surface area contributed by atoms with E-state index in [9.17, 15) is 8.78 Å². The summed E-state index contributed by atoms with van der Waals surface area (Å²) in [5.41, 5.74) is 1.10. The van der Waals surface area contributed by atoms with E-state index in [2.05, 4.69) is 9.99 Å². The number of nitrogens with zero attached hydrogens (tertiary/aromatic N) is 2. The molecule has 0 aliphatic rings. The van der Waals surface area contributed by atoms with Crippen LogP contribution in [0.5, 0.6) is 0 Å². The molecule has 0 atom stereocenters. The largest absolute Gasteiger partial charge is 0.407 e. The Hall–Kier alpha value is -1.96. The molecule has 0 saturated carbocycles. The van der Waals surface area contributed by atoms with Crippen LogP contribution in [0.3, 0.4) is 0 Å². The van der Waals surface area contributed by atoms with Gasteiger partial charge in [0.2, 0.25) is 0 Å². The lowest BCUT2D eigenvalue weighted by atomic mass is 10.1. The molecular weight excluding hydrogens is 202 g/mol. The molecule has 1 aromatic rings. The third-order valence-corrected chi connectivity index (χ3v) is 1.73. The first kappa shape index (κ1) is 11.1. The molecule has 0 fully saturated rings. The molecule has 15 heavy (non-hydrogen) atoms. The van der Waals surface area contributed by atoms with E-state index in [4.69, 9.17) is 5.26 Å². The van der Waals surface area contributed by atoms with Crippen LogP contribution in [0.1, 0.15) is 11.1 Å². The molecule has 3 nitrogen and oxygen atoms in total. The van der Waals surface area contributed by atoms with Crippen molar-refractivity contribution in [2.75, 3.05) is 0 Å². The Morgan fingerprint density at radius 1 is 1.47 bits per heavy atom. The lowest BCUT2D eigenvalue weighted by Gasteiger charge is -2.02. The molecule has 0 amide bonds. The maximum absolute atomic E-state index is 11.7. The van der Waals surface area contributed by atoms with Gasteiger partial charge in [-0.05, 0) is 12.5 Å². The fraction of sp³-hybridized carbons (Fsp3) is 0.200. The molecule has 0 N–H and O–H groups in total. The molecule has 0 saturated heterocycles. The van der Waals surface area contributed by atoms with Gasteiger partial charge < -0.3 is 4.84 Å². The maximum atomic E-state index is 11.7. The predicted octanol–water partition coefficient (Wildman–Crippen LogP) is 2.46. The average molecular weight is 210 g/mol. The van der Waals surface area contributed by atoms with Gasteiger partial charge in [-0.1, -0.05) is 29.4 Å². The molecule has 0 bridgehead atoms. The Bertz CT molecular complexity index is 410. The Morgan fingerprint density at radius 2 is 2.13 bits per heavy atom. The van der Waals surface area contributed by atoms with Gasteiger partial charge >= 0.3 is 6.61 Å². The van der Waals surface area contributed by atoms with Crippen LogP contribution in [0, 0.1) is 18.3 Å². The first-order chi connectivity index (χ1) is 7.15. The Kier molecular flexibility index (Phi) is 3.75. The molecule has 0 heterocycles. The predicted molar refractivity (Wildman–Crippen MR) is 50.4 cm³/mol. The highest BCUT2D eigenvalue weighted by molar-refractivity contribution is 6.12. The van der Waals surface area contributed by atoms with Gasteiger partial charge in [0, 0.05) is 5.56 Å². The number of hydrogen-bond acceptors (Lipinski definition) is 3. The summed E-state index contributed by atoms with van der Waals surface area (Å²) in [5.74, 6) is 0. The summed E-state index contributed by atoms with van der Waals surface area (Å²) < 4.78 is 23.4. The minimum Gasteiger partial charge on any atom is -0.324 e. The van der Waals surface area contributed by atoms with Gasteiger partial charge in [0.1, 0.15) is 6.07 Å². The van der Waals surface area contributed by atoms with Crippen LogP contribution in [0.2, 0.25) is 0 Å². The van der Waals surface area contributed by atoms with E-state index in [1.54, 1.807) is 37.3 Å². The van der Waals surface area contributed by atoms with E-state index in [1.807, 2.05) is 0 Å². The van der Waals surface area contributed by atoms with Gasteiger partial charge in [0.05, 0.1) is 0 Å². The second-order valence-corrected chi connectivity index (χ2v) is 2.73. The van der Waals surface area contributed by atoms with Crippen LogP contribution in [0.25, 0.3) is 0 Å². The first-order valence-electron chi connectivity index (χ1n) is 4.13. The SMILES string of the molecule is Cc1ccccc1/C(C#N)=N\OC(F)F. The second-order valence-electron chi connectivity index (χ2n) is 2.73. The van der Waals surface area contributed by atoms with Crippen molar-refractivity contribution in [2.45, 2.75) is 13.5 Å². The summed E-state index contributed by atoms with van der Waals surface area (Å²) in [6.07, 6.45) is 0. The van der Waals surface area contributed by atoms with E-state index in [0.717, 1.165) is 5.56 Å². The molecule has 1 aromatic carbocycles. The van der Waals surface area contributed by atoms with Crippen molar-refractivity contribution < 1.29 is 13.6 Å². The molecule has 0 unspecified atom stereocenters. The summed E-state index contributed by atoms with van der Waals surface area (Å²) in [7, 11) is 0. The van der Waals surface area contributed by atoms with Crippen LogP contribution in [-0.4, -0.2) is 12.3 Å². The summed E-state index contributed by atoms with van der Waals surface area (Å²) in [6.45, 7) is -1.26. The minimum atomic E-state index is -3.02. The molecule has 5 heteroatoms. The van der Waals surface area contributed by atoms with Crippen molar-refractivity contribution in [3.8, 4) is 6.07 Å². The Morgan fingerprint density at radius 3 is 2.67 bits per heavy atom. The number of nitriles is 1. The Labute approximate surface area is 85.6 Å². The number of hydrogen-bond donors (Lipinski definition) is 0. The molecular formula is C10H8F2N2O. The standard InChI is InChI=1S/C10H8F2N2O/c1-7-4-2-3-5-8(7)9(6-13)14-15-10(11)12/h2-5,10H,1H3/b14-9-. The van der Waals surface area contributed by atoms with Gasteiger partial charge in [0.25, 0.3) is 0 Å². The highest BCUT2D eigenvalue weighted by Gasteiger charge is 2.08. The van der Waals surface area contributed by atoms with E-state index >= 15 is 0 Å². The van der Waals surface area contributed by atoms with Gasteiger partial charge in [-0.25, -0.2) is 0 Å². The normalized spacial score (nSPS) is 11.3. The number of rotatable bonds is 3. The van der Waals surface area contributed by atoms with Crippen molar-refractivity contribution in [3.63, 3.8) is 0 Å². The van der Waals surface area contributed by atoms with Gasteiger partial charge in [0.15, 0.2) is 5.71 Å². The molecule has 0 spiro atoms. The molecule has 0 aromatic heterocycles. The van der Waals surface area contributed by atoms with Crippen LogP contribution >= 0.6 is 0 Å². The zero-order valence-electron chi connectivity index (χ0n) is 7.95. The maximum Gasteiger partial charge on any atom is 0.407 e. The smallest absolute Gasteiger partial charge is 0.324 e. The topological polar surface area (TPSA) is 45.4 Å². The molecule has 0 radical (unpaired) electrons. The monoisotopic (exact) mass is 210 g/mol. The second kappa shape index (κ2) is 5.05. The van der Waals surface area contributed by atoms with Gasteiger partial charge in [-0.2, -0.15) is 14.0 Å². The van der Waals surface area contributed by atoms with Crippen LogP contribution < -0.4 is 0 Å². The lowest BCUT2D eigenvalue weighted by Crippen LogP contribution is -2.03. The summed E-state index contributed by atoms with van der Waals surface area (Å²) in [4.78, 5) is 3.74. The van der Waals surface area contributed by atoms with Crippen LogP contribution in [0.4, 0.5) is 8.78 Å².